The number of ether oxygens (including phenoxy) is 1. The summed E-state index contributed by atoms with van der Waals surface area (Å²) in [4.78, 5) is 1.86. The van der Waals surface area contributed by atoms with Crippen LogP contribution in [0.15, 0.2) is 47.9 Å². The molecule has 0 atom stereocenters. The number of hydrogen-bond acceptors (Lipinski definition) is 4. The van der Waals surface area contributed by atoms with Crippen molar-refractivity contribution < 1.29 is 4.74 Å². The third-order valence-electron chi connectivity index (χ3n) is 2.41. The number of allylic oxidation sites excluding steroid dienone is 3. The maximum absolute atomic E-state index is 8.61. The maximum atomic E-state index is 8.61. The Morgan fingerprint density at radius 3 is 2.65 bits per heavy atom. The molecule has 0 fully saturated rings. The summed E-state index contributed by atoms with van der Waals surface area (Å²) in [6.07, 6.45) is 3.06. The molecule has 0 bridgehead atoms. The summed E-state index contributed by atoms with van der Waals surface area (Å²) in [5.41, 5.74) is 1.01. The molecular formula is C13H9N3O. The minimum atomic E-state index is 0.0467. The quantitative estimate of drug-likeness (QED) is 0.685. The van der Waals surface area contributed by atoms with Crippen molar-refractivity contribution in [3.63, 3.8) is 0 Å². The Hall–Kier alpha value is -2.72. The van der Waals surface area contributed by atoms with Crippen molar-refractivity contribution >= 4 is 5.69 Å². The monoisotopic (exact) mass is 223 g/mol. The van der Waals surface area contributed by atoms with Gasteiger partial charge in [0.15, 0.2) is 11.6 Å². The second-order valence-electron chi connectivity index (χ2n) is 3.44. The Morgan fingerprint density at radius 1 is 1.29 bits per heavy atom. The molecule has 1 aromatic rings. The molecule has 0 amide bonds. The fourth-order valence-electron chi connectivity index (χ4n) is 1.52. The summed E-state index contributed by atoms with van der Waals surface area (Å²) in [7, 11) is 1.87. The predicted octanol–water partition coefficient (Wildman–Crippen LogP) is 2.33. The van der Waals surface area contributed by atoms with E-state index in [1.165, 1.54) is 6.08 Å². The van der Waals surface area contributed by atoms with Crippen LogP contribution in [0, 0.1) is 22.7 Å². The Kier molecular flexibility index (Phi) is 2.81. The summed E-state index contributed by atoms with van der Waals surface area (Å²) in [6.45, 7) is 0. The van der Waals surface area contributed by atoms with Gasteiger partial charge >= 0.3 is 0 Å². The average molecular weight is 223 g/mol. The zero-order valence-electron chi connectivity index (χ0n) is 9.21. The SMILES string of the molecule is CN1/C(=C/C=C(C#N)C#N)Oc2ccccc21. The smallest absolute Gasteiger partial charge is 0.200 e. The van der Waals surface area contributed by atoms with Crippen LogP contribution in [0.3, 0.4) is 0 Å². The van der Waals surface area contributed by atoms with Crippen LogP contribution in [0.1, 0.15) is 0 Å². The molecule has 1 heterocycles. The zero-order valence-corrected chi connectivity index (χ0v) is 9.21. The maximum Gasteiger partial charge on any atom is 0.200 e. The second kappa shape index (κ2) is 4.42. The van der Waals surface area contributed by atoms with Crippen LogP contribution in [0.4, 0.5) is 5.69 Å². The third kappa shape index (κ3) is 1.97. The van der Waals surface area contributed by atoms with Gasteiger partial charge in [0, 0.05) is 13.1 Å². The van der Waals surface area contributed by atoms with Crippen LogP contribution in [-0.4, -0.2) is 7.05 Å². The van der Waals surface area contributed by atoms with Gasteiger partial charge in [-0.2, -0.15) is 10.5 Å². The highest BCUT2D eigenvalue weighted by Gasteiger charge is 2.21. The van der Waals surface area contributed by atoms with E-state index in [9.17, 15) is 0 Å². The number of nitrogens with zero attached hydrogens (tertiary/aromatic N) is 3. The summed E-state index contributed by atoms with van der Waals surface area (Å²) in [5, 5.41) is 17.2. The summed E-state index contributed by atoms with van der Waals surface area (Å²) >= 11 is 0. The molecule has 1 aromatic carbocycles. The lowest BCUT2D eigenvalue weighted by molar-refractivity contribution is 0.444. The minimum absolute atomic E-state index is 0.0467. The molecule has 17 heavy (non-hydrogen) atoms. The largest absolute Gasteiger partial charge is 0.439 e. The first-order valence-corrected chi connectivity index (χ1v) is 4.99. The fourth-order valence-corrected chi connectivity index (χ4v) is 1.52. The number of para-hydroxylation sites is 2. The first-order valence-electron chi connectivity index (χ1n) is 4.99. The molecule has 0 radical (unpaired) electrons. The molecule has 2 rings (SSSR count). The van der Waals surface area contributed by atoms with Crippen molar-refractivity contribution in [2.75, 3.05) is 11.9 Å². The van der Waals surface area contributed by atoms with Gasteiger partial charge in [0.25, 0.3) is 0 Å². The van der Waals surface area contributed by atoms with Crippen molar-refractivity contribution in [3.05, 3.63) is 47.9 Å². The molecule has 0 aromatic heterocycles. The molecule has 0 N–H and O–H groups in total. The lowest BCUT2D eigenvalue weighted by Gasteiger charge is -2.09. The van der Waals surface area contributed by atoms with Gasteiger partial charge in [-0.15, -0.1) is 0 Å². The van der Waals surface area contributed by atoms with E-state index in [1.807, 2.05) is 36.2 Å². The Balaban J connectivity index is 2.30. The molecule has 4 nitrogen and oxygen atoms in total. The zero-order chi connectivity index (χ0) is 12.3. The molecule has 0 aliphatic carbocycles. The number of hydrogen-bond donors (Lipinski definition) is 0. The number of anilines is 1. The van der Waals surface area contributed by atoms with Gasteiger partial charge in [-0.1, -0.05) is 12.1 Å². The Morgan fingerprint density at radius 2 is 2.00 bits per heavy atom. The highest BCUT2D eigenvalue weighted by Crippen LogP contribution is 2.37. The average Bonchev–Trinajstić information content (AvgIpc) is 2.68. The van der Waals surface area contributed by atoms with Gasteiger partial charge in [-0.3, -0.25) is 0 Å². The molecule has 0 saturated heterocycles. The summed E-state index contributed by atoms with van der Waals surface area (Å²) in [6, 6.07) is 11.2. The van der Waals surface area contributed by atoms with E-state index in [2.05, 4.69) is 0 Å². The van der Waals surface area contributed by atoms with Gasteiger partial charge in [-0.25, -0.2) is 0 Å². The Bertz CT molecular complexity index is 571. The normalized spacial score (nSPS) is 14.5. The molecule has 0 saturated carbocycles. The van der Waals surface area contributed by atoms with Gasteiger partial charge in [0.2, 0.25) is 0 Å². The van der Waals surface area contributed by atoms with E-state index < -0.39 is 0 Å². The van der Waals surface area contributed by atoms with Crippen molar-refractivity contribution in [2.24, 2.45) is 0 Å². The Labute approximate surface area is 99.3 Å². The van der Waals surface area contributed by atoms with Crippen LogP contribution in [0.5, 0.6) is 5.75 Å². The van der Waals surface area contributed by atoms with Crippen molar-refractivity contribution in [1.29, 1.82) is 10.5 Å². The number of benzene rings is 1. The molecule has 1 aliphatic heterocycles. The van der Waals surface area contributed by atoms with Crippen LogP contribution >= 0.6 is 0 Å². The number of nitriles is 2. The minimum Gasteiger partial charge on any atom is -0.439 e. The first-order chi connectivity index (χ1) is 8.26. The van der Waals surface area contributed by atoms with E-state index in [0.29, 0.717) is 5.88 Å². The number of fused-ring (bicyclic) bond motifs is 1. The summed E-state index contributed by atoms with van der Waals surface area (Å²) < 4.78 is 5.58. The molecule has 82 valence electrons. The number of rotatable bonds is 1. The van der Waals surface area contributed by atoms with E-state index in [0.717, 1.165) is 11.4 Å². The van der Waals surface area contributed by atoms with E-state index in [1.54, 1.807) is 18.2 Å². The van der Waals surface area contributed by atoms with Gasteiger partial charge in [0.1, 0.15) is 17.7 Å². The topological polar surface area (TPSA) is 60.0 Å². The van der Waals surface area contributed by atoms with E-state index >= 15 is 0 Å². The standard InChI is InChI=1S/C13H9N3O/c1-16-11-4-2-3-5-12(11)17-13(16)7-6-10(8-14)9-15/h2-7H,1H3/b13-7-. The first kappa shape index (κ1) is 10.8. The molecule has 0 unspecified atom stereocenters. The van der Waals surface area contributed by atoms with Crippen LogP contribution in [0.25, 0.3) is 0 Å². The predicted molar refractivity (Wildman–Crippen MR) is 62.9 cm³/mol. The van der Waals surface area contributed by atoms with E-state index in [4.69, 9.17) is 15.3 Å². The second-order valence-corrected chi connectivity index (χ2v) is 3.44. The van der Waals surface area contributed by atoms with Crippen LogP contribution < -0.4 is 9.64 Å². The van der Waals surface area contributed by atoms with Crippen LogP contribution in [-0.2, 0) is 0 Å². The van der Waals surface area contributed by atoms with Crippen molar-refractivity contribution in [2.45, 2.75) is 0 Å². The molecule has 0 spiro atoms. The lowest BCUT2D eigenvalue weighted by Crippen LogP contribution is -2.12. The van der Waals surface area contributed by atoms with Crippen LogP contribution in [0.2, 0.25) is 0 Å². The summed E-state index contributed by atoms with van der Waals surface area (Å²) in [5.74, 6) is 1.36. The molecule has 1 aliphatic rings. The van der Waals surface area contributed by atoms with Gasteiger partial charge in [0.05, 0.1) is 5.69 Å². The molecule has 4 heteroatoms. The van der Waals surface area contributed by atoms with E-state index in [-0.39, 0.29) is 5.57 Å². The highest BCUT2D eigenvalue weighted by molar-refractivity contribution is 5.66. The van der Waals surface area contributed by atoms with Crippen molar-refractivity contribution in [3.8, 4) is 17.9 Å². The van der Waals surface area contributed by atoms with Gasteiger partial charge < -0.3 is 9.64 Å². The molecular weight excluding hydrogens is 214 g/mol. The van der Waals surface area contributed by atoms with Gasteiger partial charge in [-0.05, 0) is 18.2 Å². The third-order valence-corrected chi connectivity index (χ3v) is 2.41. The van der Waals surface area contributed by atoms with Crippen molar-refractivity contribution in [1.82, 2.24) is 0 Å². The fraction of sp³-hybridized carbons (Fsp3) is 0.0769. The lowest BCUT2D eigenvalue weighted by atomic mass is 10.3. The highest BCUT2D eigenvalue weighted by atomic mass is 16.5.